The SMILES string of the molecule is Cc1ccc(S(=O)(=O)N2CCCCC2)cc1NC(=O)COC(=O)c1cc2ccccc2cc1O. The molecule has 0 saturated carbocycles. The molecule has 178 valence electrons. The predicted octanol–water partition coefficient (Wildman–Crippen LogP) is 3.82. The number of carbonyl (C=O) groups excluding carboxylic acids is 2. The van der Waals surface area contributed by atoms with Crippen molar-refractivity contribution in [1.82, 2.24) is 4.31 Å². The van der Waals surface area contributed by atoms with Crippen LogP contribution < -0.4 is 5.32 Å². The number of carbonyl (C=O) groups is 2. The van der Waals surface area contributed by atoms with Gasteiger partial charge < -0.3 is 15.2 Å². The molecule has 8 nitrogen and oxygen atoms in total. The van der Waals surface area contributed by atoms with E-state index in [1.54, 1.807) is 25.1 Å². The van der Waals surface area contributed by atoms with Crippen LogP contribution in [0.15, 0.2) is 59.5 Å². The minimum atomic E-state index is -3.65. The summed E-state index contributed by atoms with van der Waals surface area (Å²) in [5.41, 5.74) is 0.953. The highest BCUT2D eigenvalue weighted by Gasteiger charge is 2.26. The molecular weight excluding hydrogens is 456 g/mol. The number of phenolic OH excluding ortho intramolecular Hbond substituents is 1. The van der Waals surface area contributed by atoms with Crippen molar-refractivity contribution in [2.75, 3.05) is 25.0 Å². The van der Waals surface area contributed by atoms with Gasteiger partial charge in [0.15, 0.2) is 6.61 Å². The molecule has 9 heteroatoms. The highest BCUT2D eigenvalue weighted by Crippen LogP contribution is 2.27. The van der Waals surface area contributed by atoms with Gasteiger partial charge in [-0.05, 0) is 60.4 Å². The third kappa shape index (κ3) is 5.05. The van der Waals surface area contributed by atoms with Crippen LogP contribution in [0.3, 0.4) is 0 Å². The smallest absolute Gasteiger partial charge is 0.342 e. The Balaban J connectivity index is 1.43. The number of aryl methyl sites for hydroxylation is 1. The maximum Gasteiger partial charge on any atom is 0.342 e. The van der Waals surface area contributed by atoms with Crippen LogP contribution in [0.5, 0.6) is 5.75 Å². The zero-order chi connectivity index (χ0) is 24.3. The van der Waals surface area contributed by atoms with Crippen molar-refractivity contribution in [2.24, 2.45) is 0 Å². The Morgan fingerprint density at radius 3 is 2.38 bits per heavy atom. The Bertz CT molecular complexity index is 1350. The summed E-state index contributed by atoms with van der Waals surface area (Å²) < 4.78 is 32.5. The zero-order valence-electron chi connectivity index (χ0n) is 18.8. The standard InChI is InChI=1S/C25H26N2O6S/c1-17-9-10-20(34(31,32)27-11-5-2-6-12-27)15-22(17)26-24(29)16-33-25(30)21-13-18-7-3-4-8-19(18)14-23(21)28/h3-4,7-10,13-15,28H,2,5-6,11-12,16H2,1H3,(H,26,29). The molecule has 1 aliphatic rings. The Morgan fingerprint density at radius 2 is 1.68 bits per heavy atom. The summed E-state index contributed by atoms with van der Waals surface area (Å²) in [5, 5.41) is 14.3. The molecule has 4 rings (SSSR count). The summed E-state index contributed by atoms with van der Waals surface area (Å²) in [6.07, 6.45) is 2.66. The van der Waals surface area contributed by atoms with E-state index >= 15 is 0 Å². The quantitative estimate of drug-likeness (QED) is 0.517. The lowest BCUT2D eigenvalue weighted by molar-refractivity contribution is -0.119. The van der Waals surface area contributed by atoms with E-state index in [-0.39, 0.29) is 16.2 Å². The second-order valence-corrected chi connectivity index (χ2v) is 10.2. The molecule has 2 N–H and O–H groups in total. The van der Waals surface area contributed by atoms with Crippen molar-refractivity contribution in [3.8, 4) is 5.75 Å². The molecule has 0 unspecified atom stereocenters. The van der Waals surface area contributed by atoms with Crippen molar-refractivity contribution in [3.05, 3.63) is 65.7 Å². The molecule has 34 heavy (non-hydrogen) atoms. The van der Waals surface area contributed by atoms with Crippen molar-refractivity contribution in [3.63, 3.8) is 0 Å². The second-order valence-electron chi connectivity index (χ2n) is 8.28. The molecule has 1 saturated heterocycles. The number of amides is 1. The van der Waals surface area contributed by atoms with E-state index in [4.69, 9.17) is 4.74 Å². The van der Waals surface area contributed by atoms with Crippen LogP contribution in [0.2, 0.25) is 0 Å². The van der Waals surface area contributed by atoms with E-state index in [1.807, 2.05) is 12.1 Å². The van der Waals surface area contributed by atoms with E-state index < -0.39 is 28.5 Å². The van der Waals surface area contributed by atoms with Crippen LogP contribution in [-0.4, -0.2) is 49.4 Å². The van der Waals surface area contributed by atoms with E-state index in [1.165, 1.54) is 28.6 Å². The highest BCUT2D eigenvalue weighted by atomic mass is 32.2. The molecule has 0 bridgehead atoms. The molecule has 1 heterocycles. The first-order valence-electron chi connectivity index (χ1n) is 11.1. The van der Waals surface area contributed by atoms with Gasteiger partial charge in [-0.3, -0.25) is 4.79 Å². The van der Waals surface area contributed by atoms with Crippen molar-refractivity contribution in [1.29, 1.82) is 0 Å². The number of sulfonamides is 1. The minimum absolute atomic E-state index is 0.0442. The summed E-state index contributed by atoms with van der Waals surface area (Å²) in [7, 11) is -3.65. The molecule has 3 aromatic carbocycles. The Hall–Kier alpha value is -3.43. The van der Waals surface area contributed by atoms with Crippen LogP contribution in [0.25, 0.3) is 10.8 Å². The molecular formula is C25H26N2O6S. The number of benzene rings is 3. The fraction of sp³-hybridized carbons (Fsp3) is 0.280. The summed E-state index contributed by atoms with van der Waals surface area (Å²) >= 11 is 0. The number of aromatic hydroxyl groups is 1. The molecule has 0 radical (unpaired) electrons. The largest absolute Gasteiger partial charge is 0.507 e. The van der Waals surface area contributed by atoms with Crippen LogP contribution in [0.4, 0.5) is 5.69 Å². The fourth-order valence-electron chi connectivity index (χ4n) is 3.94. The highest BCUT2D eigenvalue weighted by molar-refractivity contribution is 7.89. The van der Waals surface area contributed by atoms with Crippen LogP contribution in [0, 0.1) is 6.92 Å². The maximum atomic E-state index is 13.0. The number of hydrogen-bond donors (Lipinski definition) is 2. The van der Waals surface area contributed by atoms with Crippen LogP contribution in [-0.2, 0) is 19.6 Å². The Kier molecular flexibility index (Phi) is 6.85. The molecule has 0 spiro atoms. The lowest BCUT2D eigenvalue weighted by Crippen LogP contribution is -2.35. The number of nitrogens with zero attached hydrogens (tertiary/aromatic N) is 1. The molecule has 0 atom stereocenters. The first-order valence-corrected chi connectivity index (χ1v) is 12.5. The minimum Gasteiger partial charge on any atom is -0.507 e. The van der Waals surface area contributed by atoms with E-state index in [2.05, 4.69) is 5.32 Å². The number of rotatable bonds is 6. The lowest BCUT2D eigenvalue weighted by atomic mass is 10.1. The first kappa shape index (κ1) is 23.7. The maximum absolute atomic E-state index is 13.0. The van der Waals surface area contributed by atoms with E-state index in [0.717, 1.165) is 30.0 Å². The van der Waals surface area contributed by atoms with E-state index in [9.17, 15) is 23.1 Å². The van der Waals surface area contributed by atoms with Gasteiger partial charge in [-0.2, -0.15) is 4.31 Å². The molecule has 1 amide bonds. The van der Waals surface area contributed by atoms with Gasteiger partial charge in [0, 0.05) is 18.8 Å². The van der Waals surface area contributed by atoms with Gasteiger partial charge in [0.05, 0.1) is 4.90 Å². The number of anilines is 1. The molecule has 0 aromatic heterocycles. The number of nitrogens with one attached hydrogen (secondary N) is 1. The van der Waals surface area contributed by atoms with Gasteiger partial charge in [-0.1, -0.05) is 36.8 Å². The summed E-state index contributed by atoms with van der Waals surface area (Å²) in [6.45, 7) is 2.12. The first-order chi connectivity index (χ1) is 16.3. The van der Waals surface area contributed by atoms with Gasteiger partial charge in [0.25, 0.3) is 5.91 Å². The zero-order valence-corrected chi connectivity index (χ0v) is 19.6. The van der Waals surface area contributed by atoms with Crippen molar-refractivity contribution in [2.45, 2.75) is 31.1 Å². The van der Waals surface area contributed by atoms with Crippen LogP contribution in [0.1, 0.15) is 35.2 Å². The number of phenols is 1. The van der Waals surface area contributed by atoms with Gasteiger partial charge in [0.2, 0.25) is 10.0 Å². The summed E-state index contributed by atoms with van der Waals surface area (Å²) in [5.74, 6) is -1.70. The van der Waals surface area contributed by atoms with Crippen molar-refractivity contribution >= 4 is 38.4 Å². The third-order valence-electron chi connectivity index (χ3n) is 5.85. The lowest BCUT2D eigenvalue weighted by Gasteiger charge is -2.26. The van der Waals surface area contributed by atoms with Crippen molar-refractivity contribution < 1.29 is 27.9 Å². The summed E-state index contributed by atoms with van der Waals surface area (Å²) in [4.78, 5) is 25.0. The van der Waals surface area contributed by atoms with Gasteiger partial charge in [-0.25, -0.2) is 13.2 Å². The molecule has 1 aliphatic heterocycles. The topological polar surface area (TPSA) is 113 Å². The van der Waals surface area contributed by atoms with Gasteiger partial charge >= 0.3 is 5.97 Å². The number of ether oxygens (including phenoxy) is 1. The molecule has 1 fully saturated rings. The normalized spacial score (nSPS) is 14.6. The Labute approximate surface area is 198 Å². The summed E-state index contributed by atoms with van der Waals surface area (Å²) in [6, 6.07) is 14.8. The average molecular weight is 483 g/mol. The number of esters is 1. The third-order valence-corrected chi connectivity index (χ3v) is 7.75. The van der Waals surface area contributed by atoms with Crippen LogP contribution >= 0.6 is 0 Å². The molecule has 3 aromatic rings. The fourth-order valence-corrected chi connectivity index (χ4v) is 5.48. The van der Waals surface area contributed by atoms with Gasteiger partial charge in [-0.15, -0.1) is 0 Å². The molecule has 0 aliphatic carbocycles. The number of hydrogen-bond acceptors (Lipinski definition) is 6. The number of fused-ring (bicyclic) bond motifs is 1. The second kappa shape index (κ2) is 9.82. The monoisotopic (exact) mass is 482 g/mol. The number of piperidine rings is 1. The Morgan fingerprint density at radius 1 is 1.00 bits per heavy atom. The average Bonchev–Trinajstić information content (AvgIpc) is 2.84. The van der Waals surface area contributed by atoms with E-state index in [0.29, 0.717) is 24.3 Å². The predicted molar refractivity (Wildman–Crippen MR) is 128 cm³/mol. The van der Waals surface area contributed by atoms with Gasteiger partial charge in [0.1, 0.15) is 11.3 Å².